The summed E-state index contributed by atoms with van der Waals surface area (Å²) in [4.78, 5) is 12.6. The Bertz CT molecular complexity index is 1030. The van der Waals surface area contributed by atoms with Crippen LogP contribution < -0.4 is 5.32 Å². The smallest absolute Gasteiger partial charge is 0.226 e. The van der Waals surface area contributed by atoms with Gasteiger partial charge in [0.2, 0.25) is 15.3 Å². The Labute approximate surface area is 176 Å². The lowest BCUT2D eigenvalue weighted by molar-refractivity contribution is -0.0409. The maximum absolute atomic E-state index is 13.0. The zero-order valence-electron chi connectivity index (χ0n) is 16.0. The summed E-state index contributed by atoms with van der Waals surface area (Å²) in [6.45, 7) is -0.175. The normalized spacial score (nSPS) is 29.0. The number of anilines is 1. The minimum absolute atomic E-state index is 0.0478. The Morgan fingerprint density at radius 1 is 1.30 bits per heavy atom. The highest BCUT2D eigenvalue weighted by Gasteiger charge is 2.44. The third-order valence-electron chi connectivity index (χ3n) is 5.42. The van der Waals surface area contributed by atoms with Gasteiger partial charge in [-0.05, 0) is 24.4 Å². The van der Waals surface area contributed by atoms with Gasteiger partial charge < -0.3 is 20.3 Å². The van der Waals surface area contributed by atoms with Crippen molar-refractivity contribution in [3.8, 4) is 0 Å². The largest absolute Gasteiger partial charge is 0.387 e. The topological polar surface area (TPSA) is 143 Å². The Morgan fingerprint density at radius 2 is 2.00 bits per heavy atom. The molecular formula is C16H22ClFN6O5S. The van der Waals surface area contributed by atoms with Crippen LogP contribution in [0.4, 0.5) is 10.2 Å². The van der Waals surface area contributed by atoms with Crippen LogP contribution in [0.1, 0.15) is 19.1 Å². The molecule has 2 aliphatic heterocycles. The number of hydrogen-bond donors (Lipinski definition) is 3. The molecule has 2 aliphatic rings. The molecule has 4 atom stereocenters. The van der Waals surface area contributed by atoms with E-state index in [1.54, 1.807) is 0 Å². The third kappa shape index (κ3) is 3.97. The zero-order valence-corrected chi connectivity index (χ0v) is 17.6. The lowest BCUT2D eigenvalue weighted by atomic mass is 10.1. The Kier molecular flexibility index (Phi) is 5.85. The highest BCUT2D eigenvalue weighted by Crippen LogP contribution is 2.33. The van der Waals surface area contributed by atoms with Gasteiger partial charge in [-0.15, -0.1) is 0 Å². The van der Waals surface area contributed by atoms with Crippen molar-refractivity contribution in [2.24, 2.45) is 0 Å². The first-order valence-corrected chi connectivity index (χ1v) is 11.6. The monoisotopic (exact) mass is 464 g/mol. The Balaban J connectivity index is 1.58. The first-order chi connectivity index (χ1) is 14.2. The van der Waals surface area contributed by atoms with Gasteiger partial charge in [0.1, 0.15) is 25.0 Å². The number of nitrogens with one attached hydrogen (secondary N) is 1. The summed E-state index contributed by atoms with van der Waals surface area (Å²) >= 11 is 6.08. The summed E-state index contributed by atoms with van der Waals surface area (Å²) < 4.78 is 44.6. The number of fused-ring (bicyclic) bond motifs is 1. The average Bonchev–Trinajstić information content (AvgIpc) is 3.23. The second-order valence-corrected chi connectivity index (χ2v) is 9.77. The van der Waals surface area contributed by atoms with E-state index in [2.05, 4.69) is 20.3 Å². The van der Waals surface area contributed by atoms with E-state index in [1.165, 1.54) is 21.5 Å². The number of imidazole rings is 1. The minimum Gasteiger partial charge on any atom is -0.387 e. The predicted molar refractivity (Wildman–Crippen MR) is 105 cm³/mol. The van der Waals surface area contributed by atoms with Crippen LogP contribution in [0.3, 0.4) is 0 Å². The van der Waals surface area contributed by atoms with E-state index >= 15 is 0 Å². The first-order valence-electron chi connectivity index (χ1n) is 9.38. The molecule has 0 aliphatic carbocycles. The van der Waals surface area contributed by atoms with Gasteiger partial charge in [-0.1, -0.05) is 0 Å². The molecule has 2 unspecified atom stereocenters. The van der Waals surface area contributed by atoms with Crippen LogP contribution in [-0.2, 0) is 14.8 Å². The van der Waals surface area contributed by atoms with Crippen molar-refractivity contribution in [1.29, 1.82) is 0 Å². The second kappa shape index (κ2) is 8.13. The second-order valence-electron chi connectivity index (χ2n) is 7.45. The quantitative estimate of drug-likeness (QED) is 0.517. The van der Waals surface area contributed by atoms with E-state index in [1.807, 2.05) is 0 Å². The molecule has 2 aromatic rings. The van der Waals surface area contributed by atoms with E-state index in [4.69, 9.17) is 16.3 Å². The van der Waals surface area contributed by atoms with Crippen LogP contribution in [0, 0.1) is 0 Å². The van der Waals surface area contributed by atoms with Crippen molar-refractivity contribution < 1.29 is 27.8 Å². The van der Waals surface area contributed by atoms with Crippen LogP contribution in [0.5, 0.6) is 0 Å². The fourth-order valence-corrected chi connectivity index (χ4v) is 4.83. The summed E-state index contributed by atoms with van der Waals surface area (Å²) in [7, 11) is -3.23. The van der Waals surface area contributed by atoms with Crippen LogP contribution in [-0.4, -0.2) is 92.8 Å². The summed E-state index contributed by atoms with van der Waals surface area (Å²) in [5.74, 6) is 0.358. The molecule has 4 heterocycles. The molecule has 2 fully saturated rings. The maximum Gasteiger partial charge on any atom is 0.226 e. The molecule has 0 spiro atoms. The van der Waals surface area contributed by atoms with Crippen molar-refractivity contribution in [3.05, 3.63) is 11.6 Å². The molecule has 0 aromatic carbocycles. The average molecular weight is 465 g/mol. The van der Waals surface area contributed by atoms with Crippen molar-refractivity contribution in [2.75, 3.05) is 31.3 Å². The van der Waals surface area contributed by atoms with E-state index in [-0.39, 0.29) is 17.0 Å². The van der Waals surface area contributed by atoms with Gasteiger partial charge in [-0.25, -0.2) is 22.1 Å². The van der Waals surface area contributed by atoms with Crippen molar-refractivity contribution in [1.82, 2.24) is 23.8 Å². The molecule has 30 heavy (non-hydrogen) atoms. The van der Waals surface area contributed by atoms with Crippen LogP contribution in [0.25, 0.3) is 11.2 Å². The highest BCUT2D eigenvalue weighted by molar-refractivity contribution is 7.88. The first kappa shape index (κ1) is 21.6. The SMILES string of the molecule is CS(=O)(=O)N1CCC(Nc2nc(Cl)nc3c2ncn3[C@@H]2O[C@H](CF)C(O)C2O)CC1. The molecular weight excluding hydrogens is 443 g/mol. The maximum atomic E-state index is 13.0. The molecule has 166 valence electrons. The summed E-state index contributed by atoms with van der Waals surface area (Å²) in [6.07, 6.45) is -1.29. The van der Waals surface area contributed by atoms with Gasteiger partial charge >= 0.3 is 0 Å². The Morgan fingerprint density at radius 3 is 2.60 bits per heavy atom. The van der Waals surface area contributed by atoms with Gasteiger partial charge in [-0.3, -0.25) is 4.57 Å². The van der Waals surface area contributed by atoms with Crippen molar-refractivity contribution in [2.45, 2.75) is 43.4 Å². The summed E-state index contributed by atoms with van der Waals surface area (Å²) in [6, 6.07) is -0.0478. The van der Waals surface area contributed by atoms with Crippen LogP contribution in [0.2, 0.25) is 5.28 Å². The molecule has 2 aromatic heterocycles. The molecule has 3 N–H and O–H groups in total. The van der Waals surface area contributed by atoms with Crippen LogP contribution in [0.15, 0.2) is 6.33 Å². The lowest BCUT2D eigenvalue weighted by Gasteiger charge is -2.30. The third-order valence-corrected chi connectivity index (χ3v) is 6.89. The zero-order chi connectivity index (χ0) is 21.6. The number of ether oxygens (including phenoxy) is 1. The minimum atomic E-state index is -3.23. The van der Waals surface area contributed by atoms with Gasteiger partial charge in [0.05, 0.1) is 12.6 Å². The number of aliphatic hydroxyl groups is 2. The predicted octanol–water partition coefficient (Wildman–Crippen LogP) is -0.0957. The van der Waals surface area contributed by atoms with Gasteiger partial charge in [0.25, 0.3) is 0 Å². The van der Waals surface area contributed by atoms with Gasteiger partial charge in [0.15, 0.2) is 23.2 Å². The molecule has 0 radical (unpaired) electrons. The number of nitrogens with zero attached hydrogens (tertiary/aromatic N) is 5. The number of rotatable bonds is 5. The molecule has 2 saturated heterocycles. The standard InChI is InChI=1S/C16H22ClFN6O5S/c1-30(27,28)23-4-2-8(3-5-23)20-13-10-14(22-16(17)21-13)24(7-19-10)15-12(26)11(25)9(6-18)29-15/h7-9,11-12,15,25-26H,2-6H2,1H3,(H,20,21,22)/t9-,11?,12?,15-/m1/s1. The molecule has 14 heteroatoms. The fraction of sp³-hybridized carbons (Fsp3) is 0.688. The lowest BCUT2D eigenvalue weighted by Crippen LogP contribution is -2.42. The molecule has 4 rings (SSSR count). The molecule has 11 nitrogen and oxygen atoms in total. The number of sulfonamides is 1. The van der Waals surface area contributed by atoms with Crippen molar-refractivity contribution in [3.63, 3.8) is 0 Å². The number of halogens is 2. The Hall–Kier alpha value is -1.64. The van der Waals surface area contributed by atoms with E-state index in [0.717, 1.165) is 0 Å². The van der Waals surface area contributed by atoms with Gasteiger partial charge in [0, 0.05) is 19.1 Å². The highest BCUT2D eigenvalue weighted by atomic mass is 35.5. The van der Waals surface area contributed by atoms with E-state index < -0.39 is 41.2 Å². The molecule has 0 amide bonds. The fourth-order valence-electron chi connectivity index (χ4n) is 3.79. The molecule has 0 saturated carbocycles. The number of piperidine rings is 1. The number of hydrogen-bond acceptors (Lipinski definition) is 9. The summed E-state index contributed by atoms with van der Waals surface area (Å²) in [5.41, 5.74) is 0.612. The van der Waals surface area contributed by atoms with E-state index in [9.17, 15) is 23.0 Å². The number of alkyl halides is 1. The van der Waals surface area contributed by atoms with E-state index in [0.29, 0.717) is 37.3 Å². The van der Waals surface area contributed by atoms with Crippen LogP contribution >= 0.6 is 11.6 Å². The molecule has 0 bridgehead atoms. The van der Waals surface area contributed by atoms with Gasteiger partial charge in [-0.2, -0.15) is 9.97 Å². The van der Waals surface area contributed by atoms with Crippen molar-refractivity contribution >= 4 is 38.6 Å². The number of aromatic nitrogens is 4. The summed E-state index contributed by atoms with van der Waals surface area (Å²) in [5, 5.41) is 23.3. The number of aliphatic hydroxyl groups excluding tert-OH is 2.